The lowest BCUT2D eigenvalue weighted by Crippen LogP contribution is -2.46. The normalized spacial score (nSPS) is 21.4. The summed E-state index contributed by atoms with van der Waals surface area (Å²) in [4.78, 5) is 9.44. The average Bonchev–Trinajstić information content (AvgIpc) is 3.35. The van der Waals surface area contributed by atoms with Crippen molar-refractivity contribution < 1.29 is 4.74 Å². The predicted molar refractivity (Wildman–Crippen MR) is 139 cm³/mol. The first-order valence-corrected chi connectivity index (χ1v) is 13.3. The molecule has 0 bridgehead atoms. The molecule has 3 fully saturated rings. The fraction of sp³-hybridized carbons (Fsp3) is 0.500. The quantitative estimate of drug-likeness (QED) is 0.443. The first-order valence-electron chi connectivity index (χ1n) is 13.3. The van der Waals surface area contributed by atoms with Crippen LogP contribution in [0.25, 0.3) is 10.8 Å². The summed E-state index contributed by atoms with van der Waals surface area (Å²) in [6.45, 7) is 5.23. The van der Waals surface area contributed by atoms with Crippen LogP contribution in [-0.4, -0.2) is 42.2 Å². The highest BCUT2D eigenvalue weighted by molar-refractivity contribution is 5.84. The first-order chi connectivity index (χ1) is 16.7. The Balaban J connectivity index is 1.04. The van der Waals surface area contributed by atoms with Gasteiger partial charge in [0.2, 0.25) is 0 Å². The number of hydrogen-bond acceptors (Lipinski definition) is 4. The van der Waals surface area contributed by atoms with Gasteiger partial charge in [-0.05, 0) is 90.6 Å². The number of aromatic nitrogens is 1. The maximum Gasteiger partial charge on any atom is 0.128 e. The number of nitrogens with zero attached hydrogens (tertiary/aromatic N) is 3. The third-order valence-electron chi connectivity index (χ3n) is 8.59. The summed E-state index contributed by atoms with van der Waals surface area (Å²) >= 11 is 0. The Kier molecular flexibility index (Phi) is 6.17. The van der Waals surface area contributed by atoms with Crippen molar-refractivity contribution in [1.29, 1.82) is 0 Å². The maximum absolute atomic E-state index is 6.45. The third-order valence-corrected chi connectivity index (χ3v) is 8.59. The minimum absolute atomic E-state index is 0.396. The Morgan fingerprint density at radius 3 is 2.35 bits per heavy atom. The van der Waals surface area contributed by atoms with Gasteiger partial charge in [0, 0.05) is 38.9 Å². The molecule has 2 heterocycles. The fourth-order valence-corrected chi connectivity index (χ4v) is 6.52. The SMILES string of the molecule is c1ccc(N2CCN(Cc3ccc4cc(OC5CCC6(CCCC6)CC5)ccc4c3)CC2)nc1. The monoisotopic (exact) mass is 455 g/mol. The van der Waals surface area contributed by atoms with Gasteiger partial charge < -0.3 is 9.64 Å². The molecule has 1 aliphatic heterocycles. The smallest absolute Gasteiger partial charge is 0.128 e. The Morgan fingerprint density at radius 2 is 1.59 bits per heavy atom. The number of fused-ring (bicyclic) bond motifs is 1. The van der Waals surface area contributed by atoms with Gasteiger partial charge in [-0.2, -0.15) is 0 Å². The summed E-state index contributed by atoms with van der Waals surface area (Å²) in [5.41, 5.74) is 2.06. The van der Waals surface area contributed by atoms with Crippen LogP contribution in [-0.2, 0) is 6.54 Å². The molecule has 0 N–H and O–H groups in total. The summed E-state index contributed by atoms with van der Waals surface area (Å²) in [7, 11) is 0. The van der Waals surface area contributed by atoms with Crippen LogP contribution >= 0.6 is 0 Å². The zero-order valence-electron chi connectivity index (χ0n) is 20.3. The van der Waals surface area contributed by atoms with E-state index in [0.29, 0.717) is 11.5 Å². The van der Waals surface area contributed by atoms with Gasteiger partial charge in [0.15, 0.2) is 0 Å². The fourth-order valence-electron chi connectivity index (χ4n) is 6.52. The predicted octanol–water partition coefficient (Wildman–Crippen LogP) is 6.44. The van der Waals surface area contributed by atoms with Crippen LogP contribution in [0.2, 0.25) is 0 Å². The minimum atomic E-state index is 0.396. The first kappa shape index (κ1) is 21.9. The van der Waals surface area contributed by atoms with Gasteiger partial charge in [-0.25, -0.2) is 4.98 Å². The van der Waals surface area contributed by atoms with Gasteiger partial charge in [-0.3, -0.25) is 4.90 Å². The molecule has 0 radical (unpaired) electrons. The molecule has 1 aromatic heterocycles. The number of anilines is 1. The molecule has 3 aliphatic rings. The van der Waals surface area contributed by atoms with E-state index in [2.05, 4.69) is 63.3 Å². The standard InChI is InChI=1S/C30H37N3O/c1-4-16-31-29(5-1)33-19-17-32(18-20-33)23-24-6-7-26-22-28(9-8-25(26)21-24)34-27-10-14-30(15-11-27)12-2-3-13-30/h1,4-9,16,21-22,27H,2-3,10-15,17-20,23H2. The third kappa shape index (κ3) is 4.79. The minimum Gasteiger partial charge on any atom is -0.490 e. The van der Waals surface area contributed by atoms with E-state index < -0.39 is 0 Å². The van der Waals surface area contributed by atoms with Crippen molar-refractivity contribution in [2.45, 2.75) is 64.0 Å². The van der Waals surface area contributed by atoms with E-state index in [1.54, 1.807) is 0 Å². The number of hydrogen-bond donors (Lipinski definition) is 0. The van der Waals surface area contributed by atoms with Gasteiger partial charge >= 0.3 is 0 Å². The highest BCUT2D eigenvalue weighted by Crippen LogP contribution is 2.49. The Labute approximate surface area is 203 Å². The highest BCUT2D eigenvalue weighted by atomic mass is 16.5. The van der Waals surface area contributed by atoms with Gasteiger partial charge in [0.1, 0.15) is 11.6 Å². The molecule has 34 heavy (non-hydrogen) atoms. The molecule has 178 valence electrons. The Morgan fingerprint density at radius 1 is 0.824 bits per heavy atom. The summed E-state index contributed by atoms with van der Waals surface area (Å²) < 4.78 is 6.45. The zero-order chi connectivity index (χ0) is 22.8. The Hall–Kier alpha value is -2.59. The second kappa shape index (κ2) is 9.58. The number of pyridine rings is 1. The van der Waals surface area contributed by atoms with Crippen molar-refractivity contribution in [3.8, 4) is 5.75 Å². The van der Waals surface area contributed by atoms with Gasteiger partial charge in [0.25, 0.3) is 0 Å². The molecule has 1 saturated heterocycles. The van der Waals surface area contributed by atoms with E-state index in [1.165, 1.54) is 67.7 Å². The zero-order valence-corrected chi connectivity index (χ0v) is 20.3. The van der Waals surface area contributed by atoms with E-state index in [9.17, 15) is 0 Å². The van der Waals surface area contributed by atoms with E-state index in [4.69, 9.17) is 4.74 Å². The largest absolute Gasteiger partial charge is 0.490 e. The molecule has 3 aromatic rings. The van der Waals surface area contributed by atoms with Crippen molar-refractivity contribution in [2.75, 3.05) is 31.1 Å². The topological polar surface area (TPSA) is 28.6 Å². The molecular formula is C30H37N3O. The number of ether oxygens (including phenoxy) is 1. The lowest BCUT2D eigenvalue weighted by molar-refractivity contribution is 0.0825. The number of benzene rings is 2. The molecule has 2 aromatic carbocycles. The molecule has 0 unspecified atom stereocenters. The molecule has 6 rings (SSSR count). The lowest BCUT2D eigenvalue weighted by atomic mass is 9.72. The molecular weight excluding hydrogens is 418 g/mol. The molecule has 0 atom stereocenters. The van der Waals surface area contributed by atoms with Gasteiger partial charge in [-0.1, -0.05) is 37.1 Å². The van der Waals surface area contributed by atoms with E-state index in [-0.39, 0.29) is 0 Å². The van der Waals surface area contributed by atoms with E-state index in [0.717, 1.165) is 44.3 Å². The molecule has 2 saturated carbocycles. The number of piperazine rings is 1. The summed E-state index contributed by atoms with van der Waals surface area (Å²) in [6.07, 6.45) is 13.3. The van der Waals surface area contributed by atoms with Crippen molar-refractivity contribution in [1.82, 2.24) is 9.88 Å². The second-order valence-electron chi connectivity index (χ2n) is 10.8. The van der Waals surface area contributed by atoms with Crippen molar-refractivity contribution in [3.05, 3.63) is 66.4 Å². The lowest BCUT2D eigenvalue weighted by Gasteiger charge is -2.37. The summed E-state index contributed by atoms with van der Waals surface area (Å²) in [6, 6.07) is 19.7. The van der Waals surface area contributed by atoms with E-state index >= 15 is 0 Å². The highest BCUT2D eigenvalue weighted by Gasteiger charge is 2.38. The van der Waals surface area contributed by atoms with Crippen molar-refractivity contribution in [2.24, 2.45) is 5.41 Å². The van der Waals surface area contributed by atoms with Crippen LogP contribution in [0.3, 0.4) is 0 Å². The van der Waals surface area contributed by atoms with Gasteiger partial charge in [0.05, 0.1) is 6.10 Å². The molecule has 2 aliphatic carbocycles. The van der Waals surface area contributed by atoms with Crippen molar-refractivity contribution >= 4 is 16.6 Å². The summed E-state index contributed by atoms with van der Waals surface area (Å²) in [5, 5.41) is 2.59. The van der Waals surface area contributed by atoms with Crippen LogP contribution in [0, 0.1) is 5.41 Å². The van der Waals surface area contributed by atoms with Crippen LogP contribution in [0.15, 0.2) is 60.8 Å². The Bertz CT molecular complexity index is 1090. The van der Waals surface area contributed by atoms with Crippen LogP contribution in [0.4, 0.5) is 5.82 Å². The molecule has 0 amide bonds. The van der Waals surface area contributed by atoms with E-state index in [1.807, 2.05) is 12.3 Å². The second-order valence-corrected chi connectivity index (χ2v) is 10.8. The molecule has 4 heteroatoms. The molecule has 1 spiro atoms. The van der Waals surface area contributed by atoms with Crippen molar-refractivity contribution in [3.63, 3.8) is 0 Å². The summed E-state index contributed by atoms with van der Waals surface area (Å²) in [5.74, 6) is 2.13. The van der Waals surface area contributed by atoms with Crippen LogP contribution in [0.1, 0.15) is 56.9 Å². The maximum atomic E-state index is 6.45. The average molecular weight is 456 g/mol. The molecule has 4 nitrogen and oxygen atoms in total. The van der Waals surface area contributed by atoms with Crippen LogP contribution < -0.4 is 9.64 Å². The van der Waals surface area contributed by atoms with Crippen LogP contribution in [0.5, 0.6) is 5.75 Å². The van der Waals surface area contributed by atoms with Gasteiger partial charge in [-0.15, -0.1) is 0 Å². The number of rotatable bonds is 5.